The summed E-state index contributed by atoms with van der Waals surface area (Å²) in [6, 6.07) is 0. The molecule has 0 aliphatic heterocycles. The molecule has 5 nitrogen and oxygen atoms in total. The van der Waals surface area contributed by atoms with Crippen LogP contribution in [-0.2, 0) is 11.3 Å². The lowest BCUT2D eigenvalue weighted by Gasteiger charge is -2.27. The van der Waals surface area contributed by atoms with Gasteiger partial charge >= 0.3 is 0 Å². The normalized spacial score (nSPS) is 14.4. The van der Waals surface area contributed by atoms with Crippen molar-refractivity contribution >= 4 is 21.8 Å². The summed E-state index contributed by atoms with van der Waals surface area (Å²) in [5.74, 6) is -0.318. The lowest BCUT2D eigenvalue weighted by molar-refractivity contribution is -0.124. The number of primary amides is 1. The Labute approximate surface area is 123 Å². The van der Waals surface area contributed by atoms with E-state index in [1.54, 1.807) is 0 Å². The Morgan fingerprint density at radius 1 is 1.53 bits per heavy atom. The smallest absolute Gasteiger partial charge is 0.237 e. The number of halogens is 1. The lowest BCUT2D eigenvalue weighted by atomic mass is 9.96. The highest BCUT2D eigenvalue weighted by Gasteiger charge is 2.30. The van der Waals surface area contributed by atoms with E-state index in [0.29, 0.717) is 13.0 Å². The molecule has 1 atom stereocenters. The highest BCUT2D eigenvalue weighted by Crippen LogP contribution is 2.21. The topological polar surface area (TPSA) is 72.9 Å². The van der Waals surface area contributed by atoms with Crippen LogP contribution < -0.4 is 11.1 Å². The molecule has 19 heavy (non-hydrogen) atoms. The molecule has 0 aliphatic carbocycles. The van der Waals surface area contributed by atoms with Crippen molar-refractivity contribution in [2.75, 3.05) is 6.54 Å². The molecule has 108 valence electrons. The number of rotatable bonds is 7. The number of nitrogens with two attached hydrogens (primary N) is 1. The van der Waals surface area contributed by atoms with Gasteiger partial charge in [0.25, 0.3) is 0 Å². The Hall–Kier alpha value is -0.880. The van der Waals surface area contributed by atoms with Gasteiger partial charge in [0, 0.05) is 12.2 Å². The van der Waals surface area contributed by atoms with Gasteiger partial charge in [0.05, 0.1) is 15.7 Å². The van der Waals surface area contributed by atoms with Gasteiger partial charge in [-0.3, -0.25) is 9.48 Å². The second-order valence-corrected chi connectivity index (χ2v) is 5.87. The molecule has 1 rings (SSSR count). The first-order valence-electron chi connectivity index (χ1n) is 6.56. The van der Waals surface area contributed by atoms with Gasteiger partial charge in [0.2, 0.25) is 5.91 Å². The highest BCUT2D eigenvalue weighted by atomic mass is 79.9. The number of nitrogens with one attached hydrogen (secondary N) is 1. The Bertz CT molecular complexity index is 458. The molecular formula is C13H23BrN4O. The highest BCUT2D eigenvalue weighted by molar-refractivity contribution is 9.10. The summed E-state index contributed by atoms with van der Waals surface area (Å²) in [6.07, 6.45) is 1.59. The average molecular weight is 331 g/mol. The summed E-state index contributed by atoms with van der Waals surface area (Å²) < 4.78 is 2.93. The molecule has 0 bridgehead atoms. The summed E-state index contributed by atoms with van der Waals surface area (Å²) in [7, 11) is 0. The van der Waals surface area contributed by atoms with Gasteiger partial charge in [-0.25, -0.2) is 0 Å². The fraction of sp³-hybridized carbons (Fsp3) is 0.692. The zero-order valence-electron chi connectivity index (χ0n) is 12.1. The zero-order valence-corrected chi connectivity index (χ0v) is 13.7. The quantitative estimate of drug-likeness (QED) is 0.801. The molecule has 0 saturated carbocycles. The zero-order chi connectivity index (χ0) is 14.6. The third-order valence-electron chi connectivity index (χ3n) is 3.43. The second-order valence-electron chi connectivity index (χ2n) is 5.08. The number of hydrogen-bond donors (Lipinski definition) is 2. The van der Waals surface area contributed by atoms with Crippen LogP contribution in [0.25, 0.3) is 0 Å². The summed E-state index contributed by atoms with van der Waals surface area (Å²) >= 11 is 3.50. The third-order valence-corrected chi connectivity index (χ3v) is 4.57. The van der Waals surface area contributed by atoms with E-state index in [9.17, 15) is 4.79 Å². The van der Waals surface area contributed by atoms with Gasteiger partial charge in [-0.1, -0.05) is 6.92 Å². The maximum Gasteiger partial charge on any atom is 0.237 e. The van der Waals surface area contributed by atoms with Gasteiger partial charge in [0.1, 0.15) is 0 Å². The van der Waals surface area contributed by atoms with Crippen molar-refractivity contribution in [2.45, 2.75) is 52.6 Å². The van der Waals surface area contributed by atoms with Crippen LogP contribution in [-0.4, -0.2) is 27.8 Å². The van der Waals surface area contributed by atoms with Crippen LogP contribution in [0.15, 0.2) is 4.47 Å². The van der Waals surface area contributed by atoms with Crippen LogP contribution in [0.3, 0.4) is 0 Å². The molecule has 0 saturated heterocycles. The van der Waals surface area contributed by atoms with E-state index in [0.717, 1.165) is 28.8 Å². The van der Waals surface area contributed by atoms with Gasteiger partial charge < -0.3 is 11.1 Å². The molecule has 0 radical (unpaired) electrons. The Kier molecular flexibility index (Phi) is 5.55. The SMILES string of the molecule is CCCNC(C)(CCn1nc(C)c(Br)c1C)C(N)=O. The standard InChI is InChI=1S/C13H23BrN4O/c1-5-7-16-13(4,12(15)19)6-8-18-10(3)11(14)9(2)17-18/h16H,5-8H2,1-4H3,(H2,15,19). The largest absolute Gasteiger partial charge is 0.368 e. The van der Waals surface area contributed by atoms with E-state index in [2.05, 4.69) is 33.3 Å². The summed E-state index contributed by atoms with van der Waals surface area (Å²) in [5, 5.41) is 7.67. The molecule has 1 amide bonds. The molecule has 0 aliphatic rings. The van der Waals surface area contributed by atoms with Crippen molar-refractivity contribution in [3.05, 3.63) is 15.9 Å². The van der Waals surface area contributed by atoms with E-state index < -0.39 is 5.54 Å². The van der Waals surface area contributed by atoms with E-state index >= 15 is 0 Å². The van der Waals surface area contributed by atoms with Crippen LogP contribution in [0.2, 0.25) is 0 Å². The van der Waals surface area contributed by atoms with Crippen LogP contribution >= 0.6 is 15.9 Å². The molecule has 0 aromatic carbocycles. The molecule has 1 aromatic rings. The first-order valence-corrected chi connectivity index (χ1v) is 7.35. The maximum atomic E-state index is 11.6. The number of carbonyl (C=O) groups excluding carboxylic acids is 1. The Morgan fingerprint density at radius 2 is 2.16 bits per heavy atom. The minimum atomic E-state index is -0.686. The van der Waals surface area contributed by atoms with Crippen LogP contribution in [0.1, 0.15) is 38.1 Å². The van der Waals surface area contributed by atoms with E-state index in [1.165, 1.54) is 0 Å². The van der Waals surface area contributed by atoms with Crippen molar-refractivity contribution in [1.82, 2.24) is 15.1 Å². The molecule has 0 spiro atoms. The number of amides is 1. The fourth-order valence-corrected chi connectivity index (χ4v) is 2.21. The Balaban J connectivity index is 2.76. The average Bonchev–Trinajstić information content (AvgIpc) is 2.61. The second kappa shape index (κ2) is 6.52. The molecule has 3 N–H and O–H groups in total. The molecule has 0 fully saturated rings. The molecular weight excluding hydrogens is 308 g/mol. The summed E-state index contributed by atoms with van der Waals surface area (Å²) in [6.45, 7) is 9.31. The predicted molar refractivity (Wildman–Crippen MR) is 79.9 cm³/mol. The Morgan fingerprint density at radius 3 is 2.58 bits per heavy atom. The third kappa shape index (κ3) is 3.79. The van der Waals surface area contributed by atoms with Crippen molar-refractivity contribution in [3.8, 4) is 0 Å². The minimum absolute atomic E-state index is 0.318. The van der Waals surface area contributed by atoms with Crippen LogP contribution in [0.5, 0.6) is 0 Å². The minimum Gasteiger partial charge on any atom is -0.368 e. The van der Waals surface area contributed by atoms with E-state index in [4.69, 9.17) is 5.73 Å². The van der Waals surface area contributed by atoms with E-state index in [-0.39, 0.29) is 5.91 Å². The monoisotopic (exact) mass is 330 g/mol. The van der Waals surface area contributed by atoms with Crippen LogP contribution in [0.4, 0.5) is 0 Å². The first kappa shape index (κ1) is 16.2. The summed E-state index contributed by atoms with van der Waals surface area (Å²) in [4.78, 5) is 11.6. The van der Waals surface area contributed by atoms with Gasteiger partial charge in [-0.2, -0.15) is 5.10 Å². The number of aryl methyl sites for hydroxylation is 2. The molecule has 6 heteroatoms. The maximum absolute atomic E-state index is 11.6. The first-order chi connectivity index (χ1) is 8.81. The number of nitrogens with zero attached hydrogens (tertiary/aromatic N) is 2. The number of carbonyl (C=O) groups is 1. The van der Waals surface area contributed by atoms with Crippen molar-refractivity contribution in [2.24, 2.45) is 5.73 Å². The van der Waals surface area contributed by atoms with Crippen molar-refractivity contribution < 1.29 is 4.79 Å². The van der Waals surface area contributed by atoms with Crippen molar-refractivity contribution in [3.63, 3.8) is 0 Å². The van der Waals surface area contributed by atoms with Crippen molar-refractivity contribution in [1.29, 1.82) is 0 Å². The molecule has 1 unspecified atom stereocenters. The lowest BCUT2D eigenvalue weighted by Crippen LogP contribution is -2.53. The van der Waals surface area contributed by atoms with E-state index in [1.807, 2.05) is 25.5 Å². The van der Waals surface area contributed by atoms with Crippen LogP contribution in [0, 0.1) is 13.8 Å². The van der Waals surface area contributed by atoms with Gasteiger partial charge in [-0.15, -0.1) is 0 Å². The van der Waals surface area contributed by atoms with Gasteiger partial charge in [0.15, 0.2) is 0 Å². The number of hydrogen-bond acceptors (Lipinski definition) is 3. The number of aromatic nitrogens is 2. The van der Waals surface area contributed by atoms with Gasteiger partial charge in [-0.05, 0) is 56.1 Å². The molecule has 1 aromatic heterocycles. The molecule has 1 heterocycles. The summed E-state index contributed by atoms with van der Waals surface area (Å²) in [5.41, 5.74) is 6.85. The fourth-order valence-electron chi connectivity index (χ4n) is 1.92. The predicted octanol–water partition coefficient (Wildman–Crippen LogP) is 1.90.